The molecule has 216 valence electrons. The van der Waals surface area contributed by atoms with Crippen LogP contribution in [0.15, 0.2) is 11.0 Å². The molecule has 0 aliphatic heterocycles. The summed E-state index contributed by atoms with van der Waals surface area (Å²) in [4.78, 5) is 29.5. The molecule has 0 radical (unpaired) electrons. The van der Waals surface area contributed by atoms with Gasteiger partial charge in [0.15, 0.2) is 0 Å². The molecule has 22 heteroatoms. The average molecular weight is 601 g/mol. The summed E-state index contributed by atoms with van der Waals surface area (Å²) in [6.07, 6.45) is -8.91. The molecule has 37 heavy (non-hydrogen) atoms. The first kappa shape index (κ1) is 34.4. The quantitative estimate of drug-likeness (QED) is 0.223. The molecule has 0 rings (SSSR count). The molecule has 0 bridgehead atoms. The lowest BCUT2D eigenvalue weighted by molar-refractivity contribution is -0.449. The fraction of sp³-hybridized carbons (Fsp3) is 0.667. The zero-order chi connectivity index (χ0) is 30.2. The van der Waals surface area contributed by atoms with Crippen molar-refractivity contribution in [2.45, 2.75) is 54.7 Å². The van der Waals surface area contributed by atoms with Gasteiger partial charge in [-0.25, -0.2) is 9.59 Å². The molecule has 0 spiro atoms. The molecule has 0 aromatic rings. The molecular weight excluding hydrogens is 591 g/mol. The van der Waals surface area contributed by atoms with Crippen LogP contribution in [-0.4, -0.2) is 81.6 Å². The Labute approximate surface area is 197 Å². The molecule has 0 fully saturated rings. The van der Waals surface area contributed by atoms with E-state index < -0.39 is 94.1 Å². The first-order valence-corrected chi connectivity index (χ1v) is 9.44. The van der Waals surface area contributed by atoms with Gasteiger partial charge in [-0.05, 0) is 0 Å². The summed E-state index contributed by atoms with van der Waals surface area (Å²) in [6, 6.07) is -2.37. The van der Waals surface area contributed by atoms with Crippen LogP contribution in [0, 0.1) is 0 Å². The Morgan fingerprint density at radius 1 is 0.730 bits per heavy atom. The van der Waals surface area contributed by atoms with Crippen molar-refractivity contribution in [1.29, 1.82) is 0 Å². The van der Waals surface area contributed by atoms with Crippen molar-refractivity contribution in [3.63, 3.8) is 0 Å². The van der Waals surface area contributed by atoms with Gasteiger partial charge in [-0.1, -0.05) is 0 Å². The Balaban J connectivity index is 6.79. The molecule has 1 amide bonds. The minimum atomic E-state index is -8.58. The molecular formula is C15H10F15NO5S. The maximum atomic E-state index is 14.3. The van der Waals surface area contributed by atoms with Gasteiger partial charge >= 0.3 is 53.7 Å². The van der Waals surface area contributed by atoms with Gasteiger partial charge in [-0.2, -0.15) is 65.9 Å². The van der Waals surface area contributed by atoms with Crippen LogP contribution in [0.5, 0.6) is 0 Å². The van der Waals surface area contributed by atoms with Crippen molar-refractivity contribution in [3.8, 4) is 0 Å². The summed E-state index contributed by atoms with van der Waals surface area (Å²) >= 11 is -1.13. The van der Waals surface area contributed by atoms with Crippen LogP contribution < -0.4 is 5.32 Å². The molecule has 1 atom stereocenters. The summed E-state index contributed by atoms with van der Waals surface area (Å²) in [7, 11) is 0. The van der Waals surface area contributed by atoms with Gasteiger partial charge in [0.1, 0.15) is 6.04 Å². The fourth-order valence-electron chi connectivity index (χ4n) is 2.05. The number of thioether (sulfide) groups is 1. The van der Waals surface area contributed by atoms with E-state index in [1.807, 2.05) is 0 Å². The number of carboxylic acids is 2. The molecule has 0 saturated carbocycles. The number of aliphatic carboxylic acids is 2. The highest BCUT2D eigenvalue weighted by Crippen LogP contribution is 2.63. The van der Waals surface area contributed by atoms with Crippen LogP contribution in [0.25, 0.3) is 0 Å². The van der Waals surface area contributed by atoms with E-state index in [1.54, 1.807) is 0 Å². The van der Waals surface area contributed by atoms with Crippen molar-refractivity contribution in [3.05, 3.63) is 11.0 Å². The lowest BCUT2D eigenvalue weighted by atomic mass is 9.91. The average Bonchev–Trinajstić information content (AvgIpc) is 2.67. The van der Waals surface area contributed by atoms with E-state index in [2.05, 4.69) is 0 Å². The van der Waals surface area contributed by atoms with Crippen LogP contribution in [0.1, 0.15) is 6.92 Å². The number of nitrogens with one attached hydrogen (secondary N) is 1. The standard InChI is InChI=1S/C15H10F15NO5S/c1-4(32)31-5(8(35)36)3-37-6(2-7(33)34)9(16,17)10(18,19)11(20,21)12(22,23)13(24,25)14(26,27)15(28,29)30/h2,5H,3H2,1H3,(H,31,32)(H,33,34)(H,35,36)/b6-2-. The zero-order valence-electron chi connectivity index (χ0n) is 17.1. The highest BCUT2D eigenvalue weighted by atomic mass is 32.2. The van der Waals surface area contributed by atoms with E-state index in [-0.39, 0.29) is 0 Å². The highest BCUT2D eigenvalue weighted by molar-refractivity contribution is 8.03. The summed E-state index contributed by atoms with van der Waals surface area (Å²) in [5, 5.41) is 18.7. The van der Waals surface area contributed by atoms with Crippen LogP contribution in [0.2, 0.25) is 0 Å². The van der Waals surface area contributed by atoms with Crippen molar-refractivity contribution < 1.29 is 90.5 Å². The maximum absolute atomic E-state index is 14.3. The fourth-order valence-corrected chi connectivity index (χ4v) is 3.12. The van der Waals surface area contributed by atoms with Crippen LogP contribution >= 0.6 is 11.8 Å². The molecule has 0 aromatic carbocycles. The lowest BCUT2D eigenvalue weighted by Gasteiger charge is -2.41. The number of carbonyl (C=O) groups is 3. The van der Waals surface area contributed by atoms with Gasteiger partial charge < -0.3 is 15.5 Å². The molecule has 0 aliphatic rings. The number of hydrogen-bond acceptors (Lipinski definition) is 4. The van der Waals surface area contributed by atoms with Gasteiger partial charge in [-0.3, -0.25) is 4.79 Å². The second-order valence-electron chi connectivity index (χ2n) is 6.69. The number of allylic oxidation sites excluding steroid dienone is 1. The predicted octanol–water partition coefficient (Wildman–Crippen LogP) is 4.65. The van der Waals surface area contributed by atoms with Gasteiger partial charge in [0.2, 0.25) is 5.91 Å². The number of carbonyl (C=O) groups excluding carboxylic acids is 1. The van der Waals surface area contributed by atoms with E-state index in [1.165, 1.54) is 5.32 Å². The summed E-state index contributed by atoms with van der Waals surface area (Å²) in [5.41, 5.74) is 0. The topological polar surface area (TPSA) is 104 Å². The van der Waals surface area contributed by atoms with Gasteiger partial charge in [-0.15, -0.1) is 11.8 Å². The number of hydrogen-bond donors (Lipinski definition) is 3. The van der Waals surface area contributed by atoms with Gasteiger partial charge in [0.25, 0.3) is 0 Å². The minimum absolute atomic E-state index is 0.608. The van der Waals surface area contributed by atoms with Crippen molar-refractivity contribution >= 4 is 29.6 Å². The van der Waals surface area contributed by atoms with Crippen LogP contribution in [0.4, 0.5) is 65.9 Å². The van der Waals surface area contributed by atoms with E-state index in [0.29, 0.717) is 6.92 Å². The second kappa shape index (κ2) is 10.3. The number of carboxylic acid groups (broad SMARTS) is 2. The van der Waals surface area contributed by atoms with Crippen LogP contribution in [-0.2, 0) is 14.4 Å². The first-order chi connectivity index (χ1) is 16.0. The van der Waals surface area contributed by atoms with E-state index in [4.69, 9.17) is 10.2 Å². The Morgan fingerprint density at radius 2 is 1.11 bits per heavy atom. The molecule has 6 nitrogen and oxygen atoms in total. The highest BCUT2D eigenvalue weighted by Gasteiger charge is 2.93. The second-order valence-corrected chi connectivity index (χ2v) is 7.76. The third-order valence-corrected chi connectivity index (χ3v) is 5.16. The summed E-state index contributed by atoms with van der Waals surface area (Å²) in [6.45, 7) is 0.608. The number of halogens is 15. The Hall–Kier alpha value is -2.55. The van der Waals surface area contributed by atoms with Gasteiger partial charge in [0.05, 0.1) is 4.91 Å². The zero-order valence-corrected chi connectivity index (χ0v) is 17.9. The molecule has 0 aliphatic carbocycles. The Kier molecular flexibility index (Phi) is 9.60. The third-order valence-electron chi connectivity index (χ3n) is 3.97. The summed E-state index contributed by atoms with van der Waals surface area (Å²) < 4.78 is 200. The minimum Gasteiger partial charge on any atom is -0.480 e. The molecule has 0 heterocycles. The Morgan fingerprint density at radius 3 is 1.43 bits per heavy atom. The molecule has 0 aromatic heterocycles. The van der Waals surface area contributed by atoms with Crippen molar-refractivity contribution in [1.82, 2.24) is 5.32 Å². The monoisotopic (exact) mass is 601 g/mol. The molecule has 0 saturated heterocycles. The van der Waals surface area contributed by atoms with E-state index in [0.717, 1.165) is 0 Å². The predicted molar refractivity (Wildman–Crippen MR) is 89.2 cm³/mol. The number of alkyl halides is 15. The Bertz CT molecular complexity index is 931. The van der Waals surface area contributed by atoms with E-state index >= 15 is 0 Å². The summed E-state index contributed by atoms with van der Waals surface area (Å²) in [5.74, 6) is -56.6. The number of rotatable bonds is 12. The molecule has 3 N–H and O–H groups in total. The SMILES string of the molecule is CC(=O)NC(CS/C(=C\C(=O)O)C(F)(F)C(F)(F)C(F)(F)C(F)(F)C(F)(F)C(F)(F)C(F)(F)F)C(=O)O. The third kappa shape index (κ3) is 5.97. The lowest BCUT2D eigenvalue weighted by Crippen LogP contribution is -2.72. The first-order valence-electron chi connectivity index (χ1n) is 8.45. The van der Waals surface area contributed by atoms with Crippen molar-refractivity contribution in [2.75, 3.05) is 5.75 Å². The largest absolute Gasteiger partial charge is 0.480 e. The van der Waals surface area contributed by atoms with Crippen LogP contribution in [0.3, 0.4) is 0 Å². The maximum Gasteiger partial charge on any atom is 0.460 e. The van der Waals surface area contributed by atoms with Crippen molar-refractivity contribution in [2.24, 2.45) is 0 Å². The van der Waals surface area contributed by atoms with Gasteiger partial charge in [0, 0.05) is 18.8 Å². The number of amides is 1. The normalized spacial score (nSPS) is 15.8. The van der Waals surface area contributed by atoms with E-state index in [9.17, 15) is 80.2 Å². The molecule has 1 unspecified atom stereocenters. The smallest absolute Gasteiger partial charge is 0.460 e.